The van der Waals surface area contributed by atoms with Gasteiger partial charge in [-0.05, 0) is 30.3 Å². The van der Waals surface area contributed by atoms with Crippen molar-refractivity contribution in [2.45, 2.75) is 15.5 Å². The highest BCUT2D eigenvalue weighted by atomic mass is 32.2. The number of para-hydroxylation sites is 1. The number of nitrogens with zero attached hydrogens (tertiary/aromatic N) is 2. The molecule has 4 aromatic rings. The lowest BCUT2D eigenvalue weighted by Gasteiger charge is -2.12. The Labute approximate surface area is 171 Å². The number of benzene rings is 3. The summed E-state index contributed by atoms with van der Waals surface area (Å²) in [6.07, 6.45) is 0. The van der Waals surface area contributed by atoms with Crippen molar-refractivity contribution in [3.63, 3.8) is 0 Å². The molecule has 0 aliphatic heterocycles. The molecule has 0 amide bonds. The first-order valence-corrected chi connectivity index (χ1v) is 11.6. The average Bonchev–Trinajstić information content (AvgIpc) is 3.08. The Kier molecular flexibility index (Phi) is 5.05. The lowest BCUT2D eigenvalue weighted by Crippen LogP contribution is -2.17. The highest BCUT2D eigenvalue weighted by Crippen LogP contribution is 2.31. The van der Waals surface area contributed by atoms with Crippen molar-refractivity contribution in [2.75, 3.05) is 0 Å². The van der Waals surface area contributed by atoms with E-state index in [1.54, 1.807) is 66.7 Å². The summed E-state index contributed by atoms with van der Waals surface area (Å²) in [5.41, 5.74) is 0.845. The Morgan fingerprint density at radius 3 is 2.10 bits per heavy atom. The van der Waals surface area contributed by atoms with Crippen LogP contribution in [0.2, 0.25) is 0 Å². The third kappa shape index (κ3) is 3.37. The summed E-state index contributed by atoms with van der Waals surface area (Å²) >= 11 is 0. The van der Waals surface area contributed by atoms with E-state index in [9.17, 15) is 17.9 Å². The van der Waals surface area contributed by atoms with Crippen LogP contribution in [-0.4, -0.2) is 16.6 Å². The van der Waals surface area contributed by atoms with Gasteiger partial charge in [0.1, 0.15) is 6.07 Å². The minimum atomic E-state index is -3.98. The van der Waals surface area contributed by atoms with E-state index in [-0.39, 0.29) is 21.9 Å². The Bertz CT molecular complexity index is 1350. The maximum absolute atomic E-state index is 13.5. The lowest BCUT2D eigenvalue weighted by molar-refractivity contribution is 0.587. The van der Waals surface area contributed by atoms with Gasteiger partial charge in [0.05, 0.1) is 38.2 Å². The van der Waals surface area contributed by atoms with Gasteiger partial charge in [0.25, 0.3) is 10.0 Å². The summed E-state index contributed by atoms with van der Waals surface area (Å²) in [4.78, 5) is 0.683. The molecule has 0 aliphatic carbocycles. The van der Waals surface area contributed by atoms with Crippen molar-refractivity contribution in [1.29, 1.82) is 5.26 Å². The monoisotopic (exact) mass is 420 g/mol. The Hall–Kier alpha value is -3.21. The number of hydrogen-bond donors (Lipinski definition) is 0. The fraction of sp³-hybridized carbons (Fsp3) is 0.0455. The summed E-state index contributed by atoms with van der Waals surface area (Å²) < 4.78 is 41.1. The van der Waals surface area contributed by atoms with E-state index in [1.807, 2.05) is 6.07 Å². The zero-order valence-electron chi connectivity index (χ0n) is 15.2. The smallest absolute Gasteiger partial charge is 0.254 e. The highest BCUT2D eigenvalue weighted by Gasteiger charge is 2.28. The topological polar surface area (TPSA) is 79.9 Å². The zero-order valence-corrected chi connectivity index (χ0v) is 16.9. The van der Waals surface area contributed by atoms with E-state index in [0.717, 1.165) is 3.97 Å². The molecule has 0 N–H and O–H groups in total. The molecule has 1 heterocycles. The molecule has 144 valence electrons. The molecule has 29 heavy (non-hydrogen) atoms. The summed E-state index contributed by atoms with van der Waals surface area (Å²) in [6.45, 7) is 0. The van der Waals surface area contributed by atoms with E-state index in [4.69, 9.17) is 0 Å². The van der Waals surface area contributed by atoms with Gasteiger partial charge in [0.15, 0.2) is 0 Å². The number of rotatable bonds is 5. The Balaban J connectivity index is 1.98. The third-order valence-electron chi connectivity index (χ3n) is 4.59. The summed E-state index contributed by atoms with van der Waals surface area (Å²) in [5.74, 6) is -0.0896. The second-order valence-electron chi connectivity index (χ2n) is 6.34. The maximum atomic E-state index is 13.5. The quantitative estimate of drug-likeness (QED) is 0.488. The van der Waals surface area contributed by atoms with E-state index >= 15 is 0 Å². The molecule has 0 aliphatic rings. The Morgan fingerprint density at radius 1 is 0.862 bits per heavy atom. The first-order chi connectivity index (χ1) is 14.0. The first kappa shape index (κ1) is 19.1. The van der Waals surface area contributed by atoms with Gasteiger partial charge in [-0.3, -0.25) is 4.21 Å². The molecular formula is C22H16N2O3S2. The van der Waals surface area contributed by atoms with Crippen LogP contribution in [0.1, 0.15) is 11.3 Å². The van der Waals surface area contributed by atoms with Crippen LogP contribution in [0, 0.1) is 11.3 Å². The minimum absolute atomic E-state index is 0.0896. The normalized spacial score (nSPS) is 12.5. The van der Waals surface area contributed by atoms with E-state index < -0.39 is 20.8 Å². The molecule has 0 radical (unpaired) electrons. The number of aromatic nitrogens is 1. The van der Waals surface area contributed by atoms with E-state index in [1.165, 1.54) is 12.1 Å². The van der Waals surface area contributed by atoms with Crippen LogP contribution in [-0.2, 0) is 26.6 Å². The first-order valence-electron chi connectivity index (χ1n) is 8.80. The fourth-order valence-electron chi connectivity index (χ4n) is 3.27. The van der Waals surface area contributed by atoms with Crippen molar-refractivity contribution < 1.29 is 12.6 Å². The van der Waals surface area contributed by atoms with E-state index in [0.29, 0.717) is 15.8 Å². The van der Waals surface area contributed by atoms with Crippen LogP contribution in [0.5, 0.6) is 0 Å². The zero-order chi connectivity index (χ0) is 20.4. The highest BCUT2D eigenvalue weighted by molar-refractivity contribution is 7.90. The van der Waals surface area contributed by atoms with E-state index in [2.05, 4.69) is 6.07 Å². The molecule has 7 heteroatoms. The van der Waals surface area contributed by atoms with Gasteiger partial charge in [-0.2, -0.15) is 5.26 Å². The molecular weight excluding hydrogens is 404 g/mol. The lowest BCUT2D eigenvalue weighted by atomic mass is 10.1. The Morgan fingerprint density at radius 2 is 1.45 bits per heavy atom. The largest absolute Gasteiger partial charge is 0.268 e. The van der Waals surface area contributed by atoms with Crippen LogP contribution < -0.4 is 0 Å². The van der Waals surface area contributed by atoms with Crippen molar-refractivity contribution in [1.82, 2.24) is 3.97 Å². The molecule has 0 spiro atoms. The standard InChI is InChI=1S/C22H16N2O3S2/c23-15-20-19-13-7-8-14-21(19)24(29(26,27)18-11-5-2-6-12-18)22(20)16-28(25)17-9-3-1-4-10-17/h1-14H,16H2. The summed E-state index contributed by atoms with van der Waals surface area (Å²) in [5, 5.41) is 10.3. The molecule has 0 saturated carbocycles. The van der Waals surface area contributed by atoms with Crippen molar-refractivity contribution in [3.8, 4) is 6.07 Å². The van der Waals surface area contributed by atoms with Gasteiger partial charge in [-0.1, -0.05) is 54.6 Å². The predicted octanol–water partition coefficient (Wildman–Crippen LogP) is 4.06. The van der Waals surface area contributed by atoms with Crippen LogP contribution in [0.3, 0.4) is 0 Å². The molecule has 1 unspecified atom stereocenters. The second kappa shape index (κ2) is 7.66. The predicted molar refractivity (Wildman–Crippen MR) is 112 cm³/mol. The third-order valence-corrected chi connectivity index (χ3v) is 7.69. The molecule has 1 atom stereocenters. The van der Waals surface area contributed by atoms with Crippen molar-refractivity contribution in [3.05, 3.63) is 96.2 Å². The van der Waals surface area contributed by atoms with Crippen LogP contribution >= 0.6 is 0 Å². The maximum Gasteiger partial charge on any atom is 0.268 e. The van der Waals surface area contributed by atoms with Crippen LogP contribution in [0.4, 0.5) is 0 Å². The molecule has 0 fully saturated rings. The van der Waals surface area contributed by atoms with Gasteiger partial charge < -0.3 is 0 Å². The van der Waals surface area contributed by atoms with Crippen molar-refractivity contribution in [2.24, 2.45) is 0 Å². The minimum Gasteiger partial charge on any atom is -0.254 e. The van der Waals surface area contributed by atoms with Crippen LogP contribution in [0.15, 0.2) is 94.7 Å². The van der Waals surface area contributed by atoms with Gasteiger partial charge >= 0.3 is 0 Å². The van der Waals surface area contributed by atoms with Gasteiger partial charge in [0, 0.05) is 10.3 Å². The molecule has 5 nitrogen and oxygen atoms in total. The average molecular weight is 421 g/mol. The summed E-state index contributed by atoms with van der Waals surface area (Å²) in [6, 6.07) is 25.8. The van der Waals surface area contributed by atoms with Gasteiger partial charge in [-0.25, -0.2) is 12.4 Å². The number of nitriles is 1. The summed E-state index contributed by atoms with van der Waals surface area (Å²) in [7, 11) is -5.49. The van der Waals surface area contributed by atoms with Crippen molar-refractivity contribution >= 4 is 31.7 Å². The SMILES string of the molecule is N#Cc1c(CS(=O)c2ccccc2)n(S(=O)(=O)c2ccccc2)c2ccccc12. The molecule has 0 saturated heterocycles. The van der Waals surface area contributed by atoms with Gasteiger partial charge in [-0.15, -0.1) is 0 Å². The molecule has 3 aromatic carbocycles. The number of fused-ring (bicyclic) bond motifs is 1. The molecule has 0 bridgehead atoms. The fourth-order valence-corrected chi connectivity index (χ4v) is 6.08. The second-order valence-corrected chi connectivity index (χ2v) is 9.57. The van der Waals surface area contributed by atoms with Gasteiger partial charge in [0.2, 0.25) is 0 Å². The number of hydrogen-bond acceptors (Lipinski definition) is 4. The van der Waals surface area contributed by atoms with Crippen LogP contribution in [0.25, 0.3) is 10.9 Å². The molecule has 4 rings (SSSR count). The molecule has 1 aromatic heterocycles.